The molecule has 1 heterocycles. The molecule has 108 valence electrons. The van der Waals surface area contributed by atoms with E-state index in [2.05, 4.69) is 5.32 Å². The van der Waals surface area contributed by atoms with Gasteiger partial charge in [0.25, 0.3) is 5.91 Å². The standard InChI is InChI=1S/C14H9ClFNO3S/c15-12-5-4-11(21-12)14(20)17-9-3-1-8(10(16)7-9)2-6-13(18)19/h1-7H,(H,17,20)(H,18,19). The molecule has 2 rings (SSSR count). The topological polar surface area (TPSA) is 66.4 Å². The molecule has 0 aliphatic carbocycles. The summed E-state index contributed by atoms with van der Waals surface area (Å²) in [7, 11) is 0. The van der Waals surface area contributed by atoms with Gasteiger partial charge in [-0.15, -0.1) is 11.3 Å². The summed E-state index contributed by atoms with van der Waals surface area (Å²) in [5.41, 5.74) is 0.393. The molecule has 2 aromatic rings. The van der Waals surface area contributed by atoms with Crippen molar-refractivity contribution in [3.05, 3.63) is 57.0 Å². The molecule has 0 atom stereocenters. The van der Waals surface area contributed by atoms with Crippen LogP contribution in [0.5, 0.6) is 0 Å². The molecule has 0 saturated carbocycles. The molecular weight excluding hydrogens is 317 g/mol. The van der Waals surface area contributed by atoms with Crippen molar-refractivity contribution in [3.8, 4) is 0 Å². The molecule has 0 saturated heterocycles. The van der Waals surface area contributed by atoms with Gasteiger partial charge in [-0.25, -0.2) is 9.18 Å². The monoisotopic (exact) mass is 325 g/mol. The lowest BCUT2D eigenvalue weighted by Gasteiger charge is -2.05. The average molecular weight is 326 g/mol. The number of carboxylic acids is 1. The van der Waals surface area contributed by atoms with Gasteiger partial charge in [0.05, 0.1) is 9.21 Å². The number of benzene rings is 1. The minimum Gasteiger partial charge on any atom is -0.478 e. The molecule has 21 heavy (non-hydrogen) atoms. The normalized spacial score (nSPS) is 10.8. The number of anilines is 1. The van der Waals surface area contributed by atoms with Gasteiger partial charge in [0, 0.05) is 17.3 Å². The maximum absolute atomic E-state index is 13.7. The lowest BCUT2D eigenvalue weighted by molar-refractivity contribution is -0.131. The molecule has 0 aliphatic heterocycles. The van der Waals surface area contributed by atoms with Gasteiger partial charge >= 0.3 is 5.97 Å². The van der Waals surface area contributed by atoms with Crippen LogP contribution in [0.4, 0.5) is 10.1 Å². The Morgan fingerprint density at radius 1 is 1.29 bits per heavy atom. The summed E-state index contributed by atoms with van der Waals surface area (Å²) < 4.78 is 14.2. The molecule has 7 heteroatoms. The van der Waals surface area contributed by atoms with E-state index in [1.807, 2.05) is 0 Å². The molecule has 1 aromatic carbocycles. The molecule has 1 aromatic heterocycles. The summed E-state index contributed by atoms with van der Waals surface area (Å²) in [6.07, 6.45) is 1.98. The van der Waals surface area contributed by atoms with Crippen molar-refractivity contribution in [2.45, 2.75) is 0 Å². The maximum Gasteiger partial charge on any atom is 0.328 e. The van der Waals surface area contributed by atoms with Gasteiger partial charge in [-0.1, -0.05) is 11.6 Å². The lowest BCUT2D eigenvalue weighted by atomic mass is 10.1. The van der Waals surface area contributed by atoms with Crippen molar-refractivity contribution in [2.24, 2.45) is 0 Å². The summed E-state index contributed by atoms with van der Waals surface area (Å²) in [6, 6.07) is 7.16. The number of rotatable bonds is 4. The highest BCUT2D eigenvalue weighted by molar-refractivity contribution is 7.18. The van der Waals surface area contributed by atoms with E-state index < -0.39 is 11.8 Å². The van der Waals surface area contributed by atoms with E-state index in [1.165, 1.54) is 12.1 Å². The number of thiophene rings is 1. The van der Waals surface area contributed by atoms with Crippen molar-refractivity contribution in [1.29, 1.82) is 0 Å². The highest BCUT2D eigenvalue weighted by atomic mass is 35.5. The second-order valence-electron chi connectivity index (χ2n) is 3.97. The number of halogens is 2. The van der Waals surface area contributed by atoms with Gasteiger partial charge in [-0.3, -0.25) is 4.79 Å². The first kappa shape index (κ1) is 15.2. The predicted octanol–water partition coefficient (Wildman–Crippen LogP) is 3.89. The zero-order valence-electron chi connectivity index (χ0n) is 10.5. The van der Waals surface area contributed by atoms with Crippen molar-refractivity contribution in [3.63, 3.8) is 0 Å². The van der Waals surface area contributed by atoms with Gasteiger partial charge in [0.15, 0.2) is 0 Å². The third-order valence-electron chi connectivity index (χ3n) is 2.46. The first-order chi connectivity index (χ1) is 9.95. The van der Waals surface area contributed by atoms with E-state index in [0.29, 0.717) is 9.21 Å². The quantitative estimate of drug-likeness (QED) is 0.838. The number of carboxylic acid groups (broad SMARTS) is 1. The average Bonchev–Trinajstić information content (AvgIpc) is 2.84. The third kappa shape index (κ3) is 4.14. The number of hydrogen-bond acceptors (Lipinski definition) is 3. The summed E-state index contributed by atoms with van der Waals surface area (Å²) in [4.78, 5) is 22.7. The van der Waals surface area contributed by atoms with Gasteiger partial charge in [0.1, 0.15) is 5.82 Å². The molecule has 0 unspecified atom stereocenters. The van der Waals surface area contributed by atoms with Crippen molar-refractivity contribution >= 4 is 46.6 Å². The van der Waals surface area contributed by atoms with Gasteiger partial charge in [0.2, 0.25) is 0 Å². The molecule has 1 amide bonds. The second kappa shape index (κ2) is 6.51. The second-order valence-corrected chi connectivity index (χ2v) is 5.68. The fourth-order valence-electron chi connectivity index (χ4n) is 1.53. The number of carbonyl (C=O) groups is 2. The molecule has 0 bridgehead atoms. The summed E-state index contributed by atoms with van der Waals surface area (Å²) >= 11 is 6.85. The SMILES string of the molecule is O=C(O)C=Cc1ccc(NC(=O)c2ccc(Cl)s2)cc1F. The Bertz CT molecular complexity index is 727. The Morgan fingerprint density at radius 2 is 2.05 bits per heavy atom. The molecule has 4 nitrogen and oxygen atoms in total. The molecule has 0 fully saturated rings. The van der Waals surface area contributed by atoms with E-state index >= 15 is 0 Å². The predicted molar refractivity (Wildman–Crippen MR) is 80.4 cm³/mol. The summed E-state index contributed by atoms with van der Waals surface area (Å²) in [5.74, 6) is -2.18. The maximum atomic E-state index is 13.7. The van der Waals surface area contributed by atoms with Crippen LogP contribution >= 0.6 is 22.9 Å². The van der Waals surface area contributed by atoms with Crippen LogP contribution in [0.25, 0.3) is 6.08 Å². The third-order valence-corrected chi connectivity index (χ3v) is 3.69. The Balaban J connectivity index is 2.13. The minimum atomic E-state index is -1.17. The van der Waals surface area contributed by atoms with Crippen molar-refractivity contribution in [1.82, 2.24) is 0 Å². The van der Waals surface area contributed by atoms with E-state index in [1.54, 1.807) is 12.1 Å². The summed E-state index contributed by atoms with van der Waals surface area (Å²) in [6.45, 7) is 0. The largest absolute Gasteiger partial charge is 0.478 e. The first-order valence-corrected chi connectivity index (χ1v) is 6.92. The van der Waals surface area contributed by atoms with E-state index in [0.717, 1.165) is 29.6 Å². The number of aliphatic carboxylic acids is 1. The van der Waals surface area contributed by atoms with Crippen molar-refractivity contribution < 1.29 is 19.1 Å². The summed E-state index contributed by atoms with van der Waals surface area (Å²) in [5, 5.41) is 11.0. The highest BCUT2D eigenvalue weighted by Gasteiger charge is 2.10. The lowest BCUT2D eigenvalue weighted by Crippen LogP contribution is -2.10. The number of amides is 1. The molecule has 2 N–H and O–H groups in total. The molecule has 0 aliphatic rings. The fraction of sp³-hybridized carbons (Fsp3) is 0. The molecular formula is C14H9ClFNO3S. The number of nitrogens with one attached hydrogen (secondary N) is 1. The van der Waals surface area contributed by atoms with Crippen LogP contribution in [-0.4, -0.2) is 17.0 Å². The van der Waals surface area contributed by atoms with Crippen LogP contribution in [0.2, 0.25) is 4.34 Å². The minimum absolute atomic E-state index is 0.120. The van der Waals surface area contributed by atoms with E-state index in [-0.39, 0.29) is 17.2 Å². The molecule has 0 radical (unpaired) electrons. The Hall–Kier alpha value is -2.18. The molecule has 0 spiro atoms. The van der Waals surface area contributed by atoms with Gasteiger partial charge in [-0.2, -0.15) is 0 Å². The van der Waals surface area contributed by atoms with Crippen LogP contribution in [0.3, 0.4) is 0 Å². The van der Waals surface area contributed by atoms with Crippen LogP contribution in [-0.2, 0) is 4.79 Å². The zero-order chi connectivity index (χ0) is 15.4. The Kier molecular flexibility index (Phi) is 4.72. The smallest absolute Gasteiger partial charge is 0.328 e. The van der Waals surface area contributed by atoms with Gasteiger partial charge < -0.3 is 10.4 Å². The Morgan fingerprint density at radius 3 is 2.62 bits per heavy atom. The van der Waals surface area contributed by atoms with Crippen LogP contribution in [0, 0.1) is 5.82 Å². The van der Waals surface area contributed by atoms with Crippen molar-refractivity contribution in [2.75, 3.05) is 5.32 Å². The van der Waals surface area contributed by atoms with Crippen LogP contribution in [0.15, 0.2) is 36.4 Å². The van der Waals surface area contributed by atoms with Crippen LogP contribution in [0.1, 0.15) is 15.2 Å². The number of carbonyl (C=O) groups excluding carboxylic acids is 1. The van der Waals surface area contributed by atoms with E-state index in [9.17, 15) is 14.0 Å². The zero-order valence-corrected chi connectivity index (χ0v) is 12.0. The van der Waals surface area contributed by atoms with Gasteiger partial charge in [-0.05, 0) is 36.4 Å². The fourth-order valence-corrected chi connectivity index (χ4v) is 2.47. The number of hydrogen-bond donors (Lipinski definition) is 2. The highest BCUT2D eigenvalue weighted by Crippen LogP contribution is 2.23. The Labute approximate surface area is 128 Å². The van der Waals surface area contributed by atoms with Crippen LogP contribution < -0.4 is 5.32 Å². The van der Waals surface area contributed by atoms with E-state index in [4.69, 9.17) is 16.7 Å². The first-order valence-electron chi connectivity index (χ1n) is 5.73.